The van der Waals surface area contributed by atoms with E-state index in [1.54, 1.807) is 6.07 Å². The van der Waals surface area contributed by atoms with Crippen molar-refractivity contribution in [3.63, 3.8) is 0 Å². The largest absolute Gasteiger partial charge is 0.462 e. The molecule has 1 aromatic carbocycles. The minimum absolute atomic E-state index is 0.245. The van der Waals surface area contributed by atoms with Crippen LogP contribution in [0.3, 0.4) is 0 Å². The smallest absolute Gasteiger partial charge is 0.338 e. The Labute approximate surface area is 92.4 Å². The molecule has 3 heteroatoms. The molecule has 0 bridgehead atoms. The first-order chi connectivity index (χ1) is 6.69. The van der Waals surface area contributed by atoms with Crippen molar-refractivity contribution in [1.82, 2.24) is 0 Å². The van der Waals surface area contributed by atoms with Gasteiger partial charge in [0.15, 0.2) is 0 Å². The molecule has 0 amide bonds. The van der Waals surface area contributed by atoms with E-state index in [0.717, 1.165) is 16.5 Å². The van der Waals surface area contributed by atoms with E-state index in [2.05, 4.69) is 15.9 Å². The third-order valence-corrected chi connectivity index (χ3v) is 2.44. The van der Waals surface area contributed by atoms with Gasteiger partial charge in [-0.2, -0.15) is 0 Å². The first-order valence-electron chi connectivity index (χ1n) is 4.64. The van der Waals surface area contributed by atoms with Crippen molar-refractivity contribution in [1.29, 1.82) is 0 Å². The van der Waals surface area contributed by atoms with Gasteiger partial charge in [0.1, 0.15) is 0 Å². The second-order valence-electron chi connectivity index (χ2n) is 2.88. The monoisotopic (exact) mass is 256 g/mol. The highest BCUT2D eigenvalue weighted by molar-refractivity contribution is 9.10. The summed E-state index contributed by atoms with van der Waals surface area (Å²) in [5.41, 5.74) is 1.68. The molecule has 0 aromatic heterocycles. The quantitative estimate of drug-likeness (QED) is 0.777. The number of benzene rings is 1. The summed E-state index contributed by atoms with van der Waals surface area (Å²) in [5.74, 6) is -0.245. The molecule has 14 heavy (non-hydrogen) atoms. The molecule has 76 valence electrons. The summed E-state index contributed by atoms with van der Waals surface area (Å²) in [7, 11) is 0. The van der Waals surface area contributed by atoms with Crippen LogP contribution in [0, 0.1) is 0 Å². The molecule has 1 aromatic rings. The molecule has 0 saturated heterocycles. The van der Waals surface area contributed by atoms with Gasteiger partial charge in [-0.3, -0.25) is 0 Å². The van der Waals surface area contributed by atoms with E-state index in [-0.39, 0.29) is 5.97 Å². The lowest BCUT2D eigenvalue weighted by Gasteiger charge is -2.07. The average molecular weight is 257 g/mol. The van der Waals surface area contributed by atoms with Gasteiger partial charge in [0.2, 0.25) is 0 Å². The summed E-state index contributed by atoms with van der Waals surface area (Å²) in [6.07, 6.45) is 0.835. The molecule has 0 heterocycles. The Bertz CT molecular complexity index is 334. The fourth-order valence-electron chi connectivity index (χ4n) is 1.26. The van der Waals surface area contributed by atoms with E-state index in [4.69, 9.17) is 4.74 Å². The predicted molar refractivity (Wildman–Crippen MR) is 59.5 cm³/mol. The standard InChI is InChI=1S/C11H13BrO2/c1-3-8-5-6-9(12)7-10(8)11(13)14-4-2/h5-7H,3-4H2,1-2H3. The topological polar surface area (TPSA) is 26.3 Å². The van der Waals surface area contributed by atoms with Gasteiger partial charge in [-0.1, -0.05) is 28.9 Å². The third-order valence-electron chi connectivity index (χ3n) is 1.95. The minimum Gasteiger partial charge on any atom is -0.462 e. The number of carbonyl (C=O) groups is 1. The summed E-state index contributed by atoms with van der Waals surface area (Å²) >= 11 is 3.34. The maximum Gasteiger partial charge on any atom is 0.338 e. The molecule has 0 unspecified atom stereocenters. The van der Waals surface area contributed by atoms with Crippen LogP contribution in [0.5, 0.6) is 0 Å². The summed E-state index contributed by atoms with van der Waals surface area (Å²) in [4.78, 5) is 11.5. The number of hydrogen-bond acceptors (Lipinski definition) is 2. The molecule has 0 N–H and O–H groups in total. The molecule has 0 aliphatic heterocycles. The SMILES string of the molecule is CCOC(=O)c1cc(Br)ccc1CC. The van der Waals surface area contributed by atoms with Crippen LogP contribution in [0.25, 0.3) is 0 Å². The van der Waals surface area contributed by atoms with Crippen molar-refractivity contribution < 1.29 is 9.53 Å². The lowest BCUT2D eigenvalue weighted by atomic mass is 10.1. The molecule has 1 rings (SSSR count). The Hall–Kier alpha value is -0.830. The fraction of sp³-hybridized carbons (Fsp3) is 0.364. The third kappa shape index (κ3) is 2.58. The number of carbonyl (C=O) groups excluding carboxylic acids is 1. The van der Waals surface area contributed by atoms with E-state index < -0.39 is 0 Å². The highest BCUT2D eigenvalue weighted by atomic mass is 79.9. The molecule has 0 saturated carbocycles. The van der Waals surface area contributed by atoms with Gasteiger partial charge in [0.05, 0.1) is 12.2 Å². The van der Waals surface area contributed by atoms with Crippen LogP contribution in [0.4, 0.5) is 0 Å². The highest BCUT2D eigenvalue weighted by Crippen LogP contribution is 2.18. The zero-order chi connectivity index (χ0) is 10.6. The van der Waals surface area contributed by atoms with Crippen LogP contribution in [0.1, 0.15) is 29.8 Å². The average Bonchev–Trinajstić information content (AvgIpc) is 2.18. The molecule has 0 atom stereocenters. The van der Waals surface area contributed by atoms with Crippen LogP contribution < -0.4 is 0 Å². The molecule has 0 spiro atoms. The summed E-state index contributed by atoms with van der Waals surface area (Å²) in [6, 6.07) is 5.68. The van der Waals surface area contributed by atoms with E-state index in [1.807, 2.05) is 26.0 Å². The van der Waals surface area contributed by atoms with Gasteiger partial charge in [-0.15, -0.1) is 0 Å². The Morgan fingerprint density at radius 2 is 2.14 bits per heavy atom. The van der Waals surface area contributed by atoms with E-state index in [9.17, 15) is 4.79 Å². The Balaban J connectivity index is 3.03. The number of halogens is 1. The number of esters is 1. The minimum atomic E-state index is -0.245. The predicted octanol–water partition coefficient (Wildman–Crippen LogP) is 3.19. The van der Waals surface area contributed by atoms with Gasteiger partial charge in [-0.05, 0) is 31.0 Å². The zero-order valence-electron chi connectivity index (χ0n) is 8.34. The lowest BCUT2D eigenvalue weighted by molar-refractivity contribution is 0.0525. The number of ether oxygens (including phenoxy) is 1. The molecule has 0 aliphatic rings. The van der Waals surface area contributed by atoms with Crippen molar-refractivity contribution in [2.75, 3.05) is 6.61 Å². The van der Waals surface area contributed by atoms with Gasteiger partial charge in [-0.25, -0.2) is 4.79 Å². The first-order valence-corrected chi connectivity index (χ1v) is 5.43. The molecular formula is C11H13BrO2. The summed E-state index contributed by atoms with van der Waals surface area (Å²) in [6.45, 7) is 4.24. The summed E-state index contributed by atoms with van der Waals surface area (Å²) < 4.78 is 5.87. The highest BCUT2D eigenvalue weighted by Gasteiger charge is 2.11. The van der Waals surface area contributed by atoms with Crippen molar-refractivity contribution in [3.05, 3.63) is 33.8 Å². The van der Waals surface area contributed by atoms with E-state index in [0.29, 0.717) is 12.2 Å². The second kappa shape index (κ2) is 5.15. The van der Waals surface area contributed by atoms with Crippen LogP contribution in [0.15, 0.2) is 22.7 Å². The van der Waals surface area contributed by atoms with Gasteiger partial charge < -0.3 is 4.74 Å². The number of aryl methyl sites for hydroxylation is 1. The maximum absolute atomic E-state index is 11.5. The zero-order valence-corrected chi connectivity index (χ0v) is 9.93. The molecule has 2 nitrogen and oxygen atoms in total. The van der Waals surface area contributed by atoms with Gasteiger partial charge >= 0.3 is 5.97 Å². The summed E-state index contributed by atoms with van der Waals surface area (Å²) in [5, 5.41) is 0. The Morgan fingerprint density at radius 1 is 1.43 bits per heavy atom. The van der Waals surface area contributed by atoms with Crippen molar-refractivity contribution >= 4 is 21.9 Å². The van der Waals surface area contributed by atoms with Crippen LogP contribution in [0.2, 0.25) is 0 Å². The van der Waals surface area contributed by atoms with Crippen LogP contribution in [-0.2, 0) is 11.2 Å². The number of rotatable bonds is 3. The maximum atomic E-state index is 11.5. The Morgan fingerprint density at radius 3 is 2.71 bits per heavy atom. The Kier molecular flexibility index (Phi) is 4.14. The van der Waals surface area contributed by atoms with Crippen molar-refractivity contribution in [3.8, 4) is 0 Å². The normalized spacial score (nSPS) is 9.93. The lowest BCUT2D eigenvalue weighted by Crippen LogP contribution is -2.07. The number of hydrogen-bond donors (Lipinski definition) is 0. The van der Waals surface area contributed by atoms with Crippen molar-refractivity contribution in [2.24, 2.45) is 0 Å². The van der Waals surface area contributed by atoms with Gasteiger partial charge in [0, 0.05) is 4.47 Å². The molecular weight excluding hydrogens is 244 g/mol. The first kappa shape index (κ1) is 11.2. The van der Waals surface area contributed by atoms with Gasteiger partial charge in [0.25, 0.3) is 0 Å². The molecule has 0 aliphatic carbocycles. The molecule has 0 radical (unpaired) electrons. The van der Waals surface area contributed by atoms with Crippen LogP contribution >= 0.6 is 15.9 Å². The molecule has 0 fully saturated rings. The van der Waals surface area contributed by atoms with Crippen LogP contribution in [-0.4, -0.2) is 12.6 Å². The van der Waals surface area contributed by atoms with E-state index >= 15 is 0 Å². The van der Waals surface area contributed by atoms with Crippen molar-refractivity contribution in [2.45, 2.75) is 20.3 Å². The second-order valence-corrected chi connectivity index (χ2v) is 3.79. The van der Waals surface area contributed by atoms with E-state index in [1.165, 1.54) is 0 Å². The fourth-order valence-corrected chi connectivity index (χ4v) is 1.62.